The number of anilines is 1. The zero-order chi connectivity index (χ0) is 13.2. The van der Waals surface area contributed by atoms with E-state index in [1.807, 2.05) is 0 Å². The molecular formula is C12H15N3O3. The Morgan fingerprint density at radius 2 is 2.17 bits per heavy atom. The van der Waals surface area contributed by atoms with Gasteiger partial charge in [-0.1, -0.05) is 0 Å². The van der Waals surface area contributed by atoms with E-state index < -0.39 is 11.4 Å². The molecule has 18 heavy (non-hydrogen) atoms. The summed E-state index contributed by atoms with van der Waals surface area (Å²) in [6.45, 7) is 0.191. The number of aromatic nitrogens is 1. The first kappa shape index (κ1) is 12.3. The summed E-state index contributed by atoms with van der Waals surface area (Å²) in [6.07, 6.45) is 2.88. The molecule has 1 aromatic heterocycles. The van der Waals surface area contributed by atoms with Gasteiger partial charge in [0.05, 0.1) is 23.7 Å². The smallest absolute Gasteiger partial charge is 0.311 e. The molecule has 6 nitrogen and oxygen atoms in total. The first-order valence-corrected chi connectivity index (χ1v) is 5.72. The summed E-state index contributed by atoms with van der Waals surface area (Å²) < 4.78 is 0. The molecule has 0 aromatic carbocycles. The molecule has 0 saturated heterocycles. The zero-order valence-electron chi connectivity index (χ0n) is 9.85. The number of nitrogens with two attached hydrogens (primary N) is 1. The fourth-order valence-electron chi connectivity index (χ4n) is 1.65. The van der Waals surface area contributed by atoms with Gasteiger partial charge in [0.15, 0.2) is 0 Å². The highest BCUT2D eigenvalue weighted by Gasteiger charge is 2.50. The minimum absolute atomic E-state index is 0.135. The van der Waals surface area contributed by atoms with Crippen LogP contribution in [0.15, 0.2) is 18.3 Å². The van der Waals surface area contributed by atoms with Gasteiger partial charge in [0.2, 0.25) is 5.91 Å². The Balaban J connectivity index is 1.82. The van der Waals surface area contributed by atoms with Crippen molar-refractivity contribution in [2.45, 2.75) is 19.3 Å². The predicted molar refractivity (Wildman–Crippen MR) is 64.7 cm³/mol. The molecular weight excluding hydrogens is 234 g/mol. The second-order valence-electron chi connectivity index (χ2n) is 4.62. The van der Waals surface area contributed by atoms with Crippen molar-refractivity contribution in [3.8, 4) is 0 Å². The first-order valence-electron chi connectivity index (χ1n) is 5.72. The minimum Gasteiger partial charge on any atom is -0.481 e. The fraction of sp³-hybridized carbons (Fsp3) is 0.417. The van der Waals surface area contributed by atoms with Crippen LogP contribution in [0, 0.1) is 5.41 Å². The van der Waals surface area contributed by atoms with Crippen molar-refractivity contribution in [3.63, 3.8) is 0 Å². The number of hydrogen-bond acceptors (Lipinski definition) is 4. The molecule has 0 radical (unpaired) electrons. The van der Waals surface area contributed by atoms with Crippen molar-refractivity contribution >= 4 is 17.6 Å². The van der Waals surface area contributed by atoms with E-state index >= 15 is 0 Å². The Bertz CT molecular complexity index is 466. The predicted octanol–water partition coefficient (Wildman–Crippen LogP) is 0.187. The fourth-order valence-corrected chi connectivity index (χ4v) is 1.65. The van der Waals surface area contributed by atoms with Crippen LogP contribution in [0.4, 0.5) is 5.69 Å². The van der Waals surface area contributed by atoms with E-state index in [2.05, 4.69) is 10.3 Å². The molecule has 0 unspecified atom stereocenters. The number of nitrogen functional groups attached to an aromatic ring is 1. The molecule has 6 heteroatoms. The van der Waals surface area contributed by atoms with Crippen LogP contribution in [0.3, 0.4) is 0 Å². The second kappa shape index (κ2) is 4.64. The summed E-state index contributed by atoms with van der Waals surface area (Å²) in [4.78, 5) is 26.5. The van der Waals surface area contributed by atoms with Crippen LogP contribution >= 0.6 is 0 Å². The number of nitrogens with zero attached hydrogens (tertiary/aromatic N) is 1. The van der Waals surface area contributed by atoms with Crippen molar-refractivity contribution in [1.29, 1.82) is 0 Å². The number of hydrogen-bond donors (Lipinski definition) is 3. The van der Waals surface area contributed by atoms with Gasteiger partial charge in [-0.3, -0.25) is 14.6 Å². The maximum absolute atomic E-state index is 11.6. The van der Waals surface area contributed by atoms with Gasteiger partial charge in [-0.05, 0) is 25.0 Å². The quantitative estimate of drug-likeness (QED) is 0.690. The average Bonchev–Trinajstić information content (AvgIpc) is 3.11. The van der Waals surface area contributed by atoms with E-state index in [0.717, 1.165) is 0 Å². The molecule has 1 saturated carbocycles. The SMILES string of the molecule is Nc1ccc(CC(=O)NCC2(C(=O)O)CC2)nc1. The highest BCUT2D eigenvalue weighted by molar-refractivity contribution is 5.81. The van der Waals surface area contributed by atoms with E-state index in [1.165, 1.54) is 6.20 Å². The maximum Gasteiger partial charge on any atom is 0.311 e. The molecule has 96 valence electrons. The van der Waals surface area contributed by atoms with Crippen molar-refractivity contribution in [2.24, 2.45) is 5.41 Å². The largest absolute Gasteiger partial charge is 0.481 e. The van der Waals surface area contributed by atoms with Crippen molar-refractivity contribution in [1.82, 2.24) is 10.3 Å². The van der Waals surface area contributed by atoms with Crippen molar-refractivity contribution in [2.75, 3.05) is 12.3 Å². The number of carbonyl (C=O) groups is 2. The third-order valence-electron chi connectivity index (χ3n) is 3.12. The Kier molecular flexibility index (Phi) is 3.18. The molecule has 0 aliphatic heterocycles. The lowest BCUT2D eigenvalue weighted by Crippen LogP contribution is -2.35. The van der Waals surface area contributed by atoms with Gasteiger partial charge in [-0.25, -0.2) is 0 Å². The van der Waals surface area contributed by atoms with Gasteiger partial charge in [0.25, 0.3) is 0 Å². The summed E-state index contributed by atoms with van der Waals surface area (Å²) in [5.74, 6) is -1.06. The molecule has 1 aliphatic carbocycles. The van der Waals surface area contributed by atoms with Gasteiger partial charge in [-0.15, -0.1) is 0 Å². The molecule has 1 fully saturated rings. The van der Waals surface area contributed by atoms with Crippen LogP contribution in [0.2, 0.25) is 0 Å². The lowest BCUT2D eigenvalue weighted by Gasteiger charge is -2.10. The molecule has 0 atom stereocenters. The van der Waals surface area contributed by atoms with Crippen LogP contribution in [0.1, 0.15) is 18.5 Å². The Hall–Kier alpha value is -2.11. The highest BCUT2D eigenvalue weighted by atomic mass is 16.4. The van der Waals surface area contributed by atoms with Crippen molar-refractivity contribution in [3.05, 3.63) is 24.0 Å². The normalized spacial score (nSPS) is 16.0. The highest BCUT2D eigenvalue weighted by Crippen LogP contribution is 2.45. The van der Waals surface area contributed by atoms with Crippen LogP contribution < -0.4 is 11.1 Å². The van der Waals surface area contributed by atoms with Gasteiger partial charge in [0, 0.05) is 12.2 Å². The minimum atomic E-state index is -0.839. The molecule has 0 spiro atoms. The van der Waals surface area contributed by atoms with Gasteiger partial charge in [-0.2, -0.15) is 0 Å². The van der Waals surface area contributed by atoms with E-state index in [4.69, 9.17) is 10.8 Å². The topological polar surface area (TPSA) is 105 Å². The standard InChI is InChI=1S/C12H15N3O3/c13-8-1-2-9(14-6-8)5-10(16)15-7-12(3-4-12)11(17)18/h1-2,6H,3-5,7,13H2,(H,15,16)(H,17,18). The number of aliphatic carboxylic acids is 1. The molecule has 0 bridgehead atoms. The lowest BCUT2D eigenvalue weighted by molar-refractivity contribution is -0.143. The summed E-state index contributed by atoms with van der Waals surface area (Å²) in [6, 6.07) is 3.36. The first-order chi connectivity index (χ1) is 8.52. The third-order valence-corrected chi connectivity index (χ3v) is 3.12. The summed E-state index contributed by atoms with van der Waals surface area (Å²) in [5.41, 5.74) is 5.91. The molecule has 1 amide bonds. The Labute approximate surface area is 104 Å². The van der Waals surface area contributed by atoms with E-state index in [1.54, 1.807) is 12.1 Å². The number of carboxylic acid groups (broad SMARTS) is 1. The van der Waals surface area contributed by atoms with Gasteiger partial charge in [0.1, 0.15) is 0 Å². The number of carbonyl (C=O) groups excluding carboxylic acids is 1. The second-order valence-corrected chi connectivity index (χ2v) is 4.62. The van der Waals surface area contributed by atoms with Crippen LogP contribution in [-0.4, -0.2) is 28.5 Å². The van der Waals surface area contributed by atoms with Crippen molar-refractivity contribution < 1.29 is 14.7 Å². The average molecular weight is 249 g/mol. The lowest BCUT2D eigenvalue weighted by atomic mass is 10.1. The number of amides is 1. The van der Waals surface area contributed by atoms with Gasteiger partial charge < -0.3 is 16.2 Å². The number of nitrogens with one attached hydrogen (secondary N) is 1. The van der Waals surface area contributed by atoms with Crippen LogP contribution in [-0.2, 0) is 16.0 Å². The molecule has 1 aliphatic rings. The Morgan fingerprint density at radius 3 is 2.67 bits per heavy atom. The monoisotopic (exact) mass is 249 g/mol. The van der Waals surface area contributed by atoms with Gasteiger partial charge >= 0.3 is 5.97 Å². The van der Waals surface area contributed by atoms with Crippen LogP contribution in [0.5, 0.6) is 0 Å². The molecule has 4 N–H and O–H groups in total. The third kappa shape index (κ3) is 2.77. The maximum atomic E-state index is 11.6. The van der Waals surface area contributed by atoms with E-state index in [-0.39, 0.29) is 18.9 Å². The Morgan fingerprint density at radius 1 is 1.44 bits per heavy atom. The molecule has 2 rings (SSSR count). The summed E-state index contributed by atoms with van der Waals surface area (Å²) in [5, 5.41) is 11.6. The van der Waals surface area contributed by atoms with E-state index in [0.29, 0.717) is 24.2 Å². The summed E-state index contributed by atoms with van der Waals surface area (Å²) in [7, 11) is 0. The van der Waals surface area contributed by atoms with E-state index in [9.17, 15) is 9.59 Å². The number of carboxylic acids is 1. The molecule has 1 heterocycles. The molecule has 1 aromatic rings. The summed E-state index contributed by atoms with van der Waals surface area (Å²) >= 11 is 0. The number of rotatable bonds is 5. The van der Waals surface area contributed by atoms with Crippen LogP contribution in [0.25, 0.3) is 0 Å². The number of pyridine rings is 1. The zero-order valence-corrected chi connectivity index (χ0v) is 9.85.